The molecule has 2 rings (SSSR count). The smallest absolute Gasteiger partial charge is 0.306 e. The fraction of sp³-hybridized carbons (Fsp3) is 0.600. The largest absolute Gasteiger partial charge is 0.481 e. The van der Waals surface area contributed by atoms with Gasteiger partial charge in [-0.25, -0.2) is 0 Å². The second kappa shape index (κ2) is 7.26. The zero-order valence-corrected chi connectivity index (χ0v) is 12.2. The van der Waals surface area contributed by atoms with E-state index in [1.165, 1.54) is 0 Å². The molecule has 0 aliphatic heterocycles. The van der Waals surface area contributed by atoms with E-state index < -0.39 is 5.97 Å². The third-order valence-electron chi connectivity index (χ3n) is 4.02. The Hall–Kier alpha value is -1.82. The van der Waals surface area contributed by atoms with Crippen molar-refractivity contribution in [1.29, 1.82) is 0 Å². The standard InChI is InChI=1S/C15H22N2O4/c1-10(13-6-3-7-21-13)17-14(18)9-16-8-11-4-2-5-12(11)15(19)20/h3,6-7,10-12,16H,2,4-5,8-9H2,1H3,(H,17,18)(H,19,20). The quantitative estimate of drug-likeness (QED) is 0.709. The van der Waals surface area contributed by atoms with Crippen LogP contribution in [0.15, 0.2) is 22.8 Å². The van der Waals surface area contributed by atoms with Crippen LogP contribution in [-0.4, -0.2) is 30.1 Å². The van der Waals surface area contributed by atoms with E-state index in [1.54, 1.807) is 12.3 Å². The van der Waals surface area contributed by atoms with Crippen LogP contribution in [-0.2, 0) is 9.59 Å². The third-order valence-corrected chi connectivity index (χ3v) is 4.02. The maximum absolute atomic E-state index is 11.8. The molecule has 3 unspecified atom stereocenters. The molecule has 6 heteroatoms. The summed E-state index contributed by atoms with van der Waals surface area (Å²) in [6.45, 7) is 2.61. The van der Waals surface area contributed by atoms with Crippen LogP contribution in [0, 0.1) is 11.8 Å². The Labute approximate surface area is 123 Å². The molecule has 1 aromatic rings. The van der Waals surface area contributed by atoms with Crippen LogP contribution < -0.4 is 10.6 Å². The zero-order valence-electron chi connectivity index (χ0n) is 12.2. The number of carboxylic acids is 1. The number of rotatable bonds is 7. The molecule has 3 N–H and O–H groups in total. The molecule has 0 saturated heterocycles. The van der Waals surface area contributed by atoms with Gasteiger partial charge >= 0.3 is 5.97 Å². The lowest BCUT2D eigenvalue weighted by Gasteiger charge is -2.17. The molecule has 1 saturated carbocycles. The van der Waals surface area contributed by atoms with Crippen LogP contribution in [0.1, 0.15) is 38.0 Å². The second-order valence-corrected chi connectivity index (χ2v) is 5.57. The predicted octanol–water partition coefficient (Wildman–Crippen LogP) is 1.55. The highest BCUT2D eigenvalue weighted by atomic mass is 16.4. The molecule has 21 heavy (non-hydrogen) atoms. The van der Waals surface area contributed by atoms with Gasteiger partial charge in [0.25, 0.3) is 0 Å². The predicted molar refractivity (Wildman–Crippen MR) is 76.6 cm³/mol. The van der Waals surface area contributed by atoms with Gasteiger partial charge in [0.2, 0.25) is 5.91 Å². The number of aliphatic carboxylic acids is 1. The number of hydrogen-bond acceptors (Lipinski definition) is 4. The Morgan fingerprint density at radius 2 is 2.29 bits per heavy atom. The van der Waals surface area contributed by atoms with E-state index >= 15 is 0 Å². The molecule has 116 valence electrons. The summed E-state index contributed by atoms with van der Waals surface area (Å²) in [5.41, 5.74) is 0. The highest BCUT2D eigenvalue weighted by molar-refractivity contribution is 5.78. The van der Waals surface area contributed by atoms with E-state index in [2.05, 4.69) is 10.6 Å². The van der Waals surface area contributed by atoms with E-state index in [0.717, 1.165) is 19.3 Å². The van der Waals surface area contributed by atoms with Crippen molar-refractivity contribution in [3.8, 4) is 0 Å². The summed E-state index contributed by atoms with van der Waals surface area (Å²) < 4.78 is 5.22. The Morgan fingerprint density at radius 1 is 1.48 bits per heavy atom. The van der Waals surface area contributed by atoms with Crippen LogP contribution in [0.5, 0.6) is 0 Å². The Morgan fingerprint density at radius 3 is 2.95 bits per heavy atom. The molecule has 0 radical (unpaired) electrons. The fourth-order valence-corrected chi connectivity index (χ4v) is 2.88. The molecule has 1 fully saturated rings. The highest BCUT2D eigenvalue weighted by Gasteiger charge is 2.32. The van der Waals surface area contributed by atoms with E-state index in [1.807, 2.05) is 13.0 Å². The Kier molecular flexibility index (Phi) is 5.38. The summed E-state index contributed by atoms with van der Waals surface area (Å²) >= 11 is 0. The zero-order chi connectivity index (χ0) is 15.2. The van der Waals surface area contributed by atoms with E-state index in [4.69, 9.17) is 9.52 Å². The summed E-state index contributed by atoms with van der Waals surface area (Å²) in [7, 11) is 0. The Bertz CT molecular complexity index is 472. The number of nitrogens with one attached hydrogen (secondary N) is 2. The van der Waals surface area contributed by atoms with Gasteiger partial charge in [-0.3, -0.25) is 9.59 Å². The second-order valence-electron chi connectivity index (χ2n) is 5.57. The summed E-state index contributed by atoms with van der Waals surface area (Å²) in [5.74, 6) is -0.288. The first-order valence-corrected chi connectivity index (χ1v) is 7.34. The molecule has 1 aromatic heterocycles. The highest BCUT2D eigenvalue weighted by Crippen LogP contribution is 2.31. The first kappa shape index (κ1) is 15.6. The monoisotopic (exact) mass is 294 g/mol. The van der Waals surface area contributed by atoms with Gasteiger partial charge in [0, 0.05) is 0 Å². The molecule has 1 amide bonds. The van der Waals surface area contributed by atoms with Crippen molar-refractivity contribution in [3.63, 3.8) is 0 Å². The summed E-state index contributed by atoms with van der Waals surface area (Å²) in [6, 6.07) is 3.42. The van der Waals surface area contributed by atoms with E-state index in [0.29, 0.717) is 12.3 Å². The van der Waals surface area contributed by atoms with Gasteiger partial charge in [-0.15, -0.1) is 0 Å². The minimum absolute atomic E-state index is 0.122. The van der Waals surface area contributed by atoms with Crippen molar-refractivity contribution in [1.82, 2.24) is 10.6 Å². The Balaban J connectivity index is 1.68. The SMILES string of the molecule is CC(NC(=O)CNCC1CCCC1C(=O)O)c1ccco1. The van der Waals surface area contributed by atoms with Crippen molar-refractivity contribution in [2.24, 2.45) is 11.8 Å². The molecule has 1 heterocycles. The van der Waals surface area contributed by atoms with Gasteiger partial charge in [-0.1, -0.05) is 6.42 Å². The average Bonchev–Trinajstić information content (AvgIpc) is 3.09. The fourth-order valence-electron chi connectivity index (χ4n) is 2.88. The molecule has 1 aliphatic carbocycles. The molecule has 1 aliphatic rings. The summed E-state index contributed by atoms with van der Waals surface area (Å²) in [4.78, 5) is 22.9. The van der Waals surface area contributed by atoms with Gasteiger partial charge in [0.05, 0.1) is 24.8 Å². The first-order valence-electron chi connectivity index (χ1n) is 7.34. The molecular weight excluding hydrogens is 272 g/mol. The molecule has 3 atom stereocenters. The van der Waals surface area contributed by atoms with Crippen molar-refractivity contribution >= 4 is 11.9 Å². The molecule has 0 bridgehead atoms. The van der Waals surface area contributed by atoms with Gasteiger partial charge in [0.15, 0.2) is 0 Å². The average molecular weight is 294 g/mol. The number of carboxylic acid groups (broad SMARTS) is 1. The minimum Gasteiger partial charge on any atom is -0.481 e. The number of furan rings is 1. The van der Waals surface area contributed by atoms with Crippen LogP contribution in [0.3, 0.4) is 0 Å². The van der Waals surface area contributed by atoms with Crippen LogP contribution in [0.2, 0.25) is 0 Å². The normalized spacial score (nSPS) is 22.9. The van der Waals surface area contributed by atoms with E-state index in [9.17, 15) is 9.59 Å². The van der Waals surface area contributed by atoms with Crippen molar-refractivity contribution in [2.45, 2.75) is 32.2 Å². The van der Waals surface area contributed by atoms with Gasteiger partial charge < -0.3 is 20.2 Å². The van der Waals surface area contributed by atoms with Gasteiger partial charge in [0.1, 0.15) is 5.76 Å². The van der Waals surface area contributed by atoms with Gasteiger partial charge in [-0.2, -0.15) is 0 Å². The molecular formula is C15H22N2O4. The van der Waals surface area contributed by atoms with Crippen molar-refractivity contribution in [2.75, 3.05) is 13.1 Å². The maximum atomic E-state index is 11.8. The number of hydrogen-bond donors (Lipinski definition) is 3. The lowest BCUT2D eigenvalue weighted by molar-refractivity contribution is -0.142. The molecule has 0 spiro atoms. The summed E-state index contributed by atoms with van der Waals surface area (Å²) in [5, 5.41) is 15.0. The first-order chi connectivity index (χ1) is 10.1. The third kappa shape index (κ3) is 4.32. The van der Waals surface area contributed by atoms with E-state index in [-0.39, 0.29) is 30.3 Å². The minimum atomic E-state index is -0.727. The lowest BCUT2D eigenvalue weighted by atomic mass is 9.96. The van der Waals surface area contributed by atoms with Crippen LogP contribution in [0.25, 0.3) is 0 Å². The number of carbonyl (C=O) groups excluding carboxylic acids is 1. The van der Waals surface area contributed by atoms with Crippen molar-refractivity contribution < 1.29 is 19.1 Å². The van der Waals surface area contributed by atoms with Crippen molar-refractivity contribution in [3.05, 3.63) is 24.2 Å². The maximum Gasteiger partial charge on any atom is 0.306 e. The number of carbonyl (C=O) groups is 2. The topological polar surface area (TPSA) is 91.6 Å². The molecule has 0 aromatic carbocycles. The summed E-state index contributed by atoms with van der Waals surface area (Å²) in [6.07, 6.45) is 4.17. The lowest BCUT2D eigenvalue weighted by Crippen LogP contribution is -2.38. The molecule has 6 nitrogen and oxygen atoms in total. The number of amides is 1. The van der Waals surface area contributed by atoms with Gasteiger partial charge in [-0.05, 0) is 44.4 Å². The van der Waals surface area contributed by atoms with Crippen LogP contribution >= 0.6 is 0 Å². The van der Waals surface area contributed by atoms with Crippen LogP contribution in [0.4, 0.5) is 0 Å².